The number of benzene rings is 1. The van der Waals surface area contributed by atoms with Crippen LogP contribution in [0, 0.1) is 11.2 Å². The second-order valence-corrected chi connectivity index (χ2v) is 6.23. The van der Waals surface area contributed by atoms with E-state index in [1.54, 1.807) is 12.1 Å². The molecule has 1 heterocycles. The molecule has 0 unspecified atom stereocenters. The first-order chi connectivity index (χ1) is 8.89. The quantitative estimate of drug-likeness (QED) is 0.750. The van der Waals surface area contributed by atoms with Gasteiger partial charge in [-0.25, -0.2) is 4.39 Å². The number of carbonyl (C=O) groups is 1. The van der Waals surface area contributed by atoms with Gasteiger partial charge in [-0.05, 0) is 49.8 Å². The Hall–Kier alpha value is -1.38. The third-order valence-electron chi connectivity index (χ3n) is 4.03. The second kappa shape index (κ2) is 5.32. The monoisotopic (exact) mass is 263 g/mol. The minimum Gasteiger partial charge on any atom is -0.369 e. The number of halogens is 1. The topological polar surface area (TPSA) is 20.3 Å². The molecule has 0 spiro atoms. The van der Waals surface area contributed by atoms with Crippen molar-refractivity contribution in [3.8, 4) is 0 Å². The predicted octanol–water partition coefficient (Wildman–Crippen LogP) is 4.04. The summed E-state index contributed by atoms with van der Waals surface area (Å²) < 4.78 is 14.1. The van der Waals surface area contributed by atoms with Crippen LogP contribution >= 0.6 is 0 Å². The van der Waals surface area contributed by atoms with Gasteiger partial charge in [-0.1, -0.05) is 13.8 Å². The van der Waals surface area contributed by atoms with Gasteiger partial charge < -0.3 is 4.90 Å². The highest BCUT2D eigenvalue weighted by Gasteiger charge is 2.24. The van der Waals surface area contributed by atoms with E-state index in [9.17, 15) is 9.18 Å². The molecule has 0 radical (unpaired) electrons. The summed E-state index contributed by atoms with van der Waals surface area (Å²) in [5, 5.41) is 0. The van der Waals surface area contributed by atoms with Gasteiger partial charge in [0.25, 0.3) is 0 Å². The number of Topliss-reactive ketones (excluding diaryl/α,β-unsaturated/α-hetero) is 1. The summed E-state index contributed by atoms with van der Waals surface area (Å²) in [6.07, 6.45) is 3.33. The maximum Gasteiger partial charge on any atom is 0.159 e. The lowest BCUT2D eigenvalue weighted by Crippen LogP contribution is -2.26. The number of carbonyl (C=O) groups excluding carboxylic acids is 1. The molecule has 1 aromatic rings. The van der Waals surface area contributed by atoms with Gasteiger partial charge in [0.2, 0.25) is 0 Å². The Morgan fingerprint density at radius 1 is 1.26 bits per heavy atom. The molecule has 1 saturated heterocycles. The number of anilines is 1. The van der Waals surface area contributed by atoms with E-state index >= 15 is 0 Å². The van der Waals surface area contributed by atoms with Crippen LogP contribution in [0.4, 0.5) is 10.1 Å². The first-order valence-corrected chi connectivity index (χ1v) is 6.94. The number of hydrogen-bond donors (Lipinski definition) is 0. The van der Waals surface area contributed by atoms with Crippen molar-refractivity contribution in [2.75, 3.05) is 18.0 Å². The highest BCUT2D eigenvalue weighted by molar-refractivity contribution is 5.94. The summed E-state index contributed by atoms with van der Waals surface area (Å²) >= 11 is 0. The zero-order valence-corrected chi connectivity index (χ0v) is 12.0. The molecular formula is C16H22FNO. The normalized spacial score (nSPS) is 19.1. The Labute approximate surface area is 114 Å². The summed E-state index contributed by atoms with van der Waals surface area (Å²) in [4.78, 5) is 13.4. The van der Waals surface area contributed by atoms with Gasteiger partial charge in [0.15, 0.2) is 5.78 Å². The number of hydrogen-bond acceptors (Lipinski definition) is 2. The maximum absolute atomic E-state index is 14.1. The number of rotatable bonds is 2. The van der Waals surface area contributed by atoms with E-state index in [2.05, 4.69) is 18.7 Å². The fourth-order valence-corrected chi connectivity index (χ4v) is 2.65. The molecule has 0 aromatic heterocycles. The second-order valence-electron chi connectivity index (χ2n) is 6.23. The molecule has 1 aromatic carbocycles. The fourth-order valence-electron chi connectivity index (χ4n) is 2.65. The van der Waals surface area contributed by atoms with Gasteiger partial charge in [-0.15, -0.1) is 0 Å². The van der Waals surface area contributed by atoms with E-state index in [4.69, 9.17) is 0 Å². The SMILES string of the molecule is CC(=O)c1ccc(N2CCCC(C)(C)CC2)c(F)c1. The van der Waals surface area contributed by atoms with Crippen LogP contribution in [-0.4, -0.2) is 18.9 Å². The van der Waals surface area contributed by atoms with Crippen LogP contribution in [0.25, 0.3) is 0 Å². The van der Waals surface area contributed by atoms with E-state index in [0.29, 0.717) is 16.7 Å². The Balaban J connectivity index is 2.20. The maximum atomic E-state index is 14.1. The molecule has 1 fully saturated rings. The lowest BCUT2D eigenvalue weighted by atomic mass is 9.85. The Kier molecular flexibility index (Phi) is 3.93. The van der Waals surface area contributed by atoms with Gasteiger partial charge in [0.1, 0.15) is 5.82 Å². The molecule has 1 aliphatic rings. The molecule has 0 aliphatic carbocycles. The summed E-state index contributed by atoms with van der Waals surface area (Å²) in [7, 11) is 0. The molecule has 1 aliphatic heterocycles. The van der Waals surface area contributed by atoms with Crippen molar-refractivity contribution >= 4 is 11.5 Å². The molecule has 0 atom stereocenters. The van der Waals surface area contributed by atoms with Gasteiger partial charge in [-0.2, -0.15) is 0 Å². The standard InChI is InChI=1S/C16H22FNO/c1-12(19)13-5-6-15(14(17)11-13)18-9-4-7-16(2,3)8-10-18/h5-6,11H,4,7-10H2,1-3H3. The van der Waals surface area contributed by atoms with Crippen molar-refractivity contribution in [2.24, 2.45) is 5.41 Å². The summed E-state index contributed by atoms with van der Waals surface area (Å²) in [5.41, 5.74) is 1.41. The van der Waals surface area contributed by atoms with Crippen LogP contribution in [0.3, 0.4) is 0 Å². The van der Waals surface area contributed by atoms with Crippen LogP contribution in [0.15, 0.2) is 18.2 Å². The molecular weight excluding hydrogens is 241 g/mol. The molecule has 0 amide bonds. The van der Waals surface area contributed by atoms with E-state index in [0.717, 1.165) is 25.9 Å². The predicted molar refractivity (Wildman–Crippen MR) is 76.2 cm³/mol. The highest BCUT2D eigenvalue weighted by Crippen LogP contribution is 2.32. The first-order valence-electron chi connectivity index (χ1n) is 6.94. The largest absolute Gasteiger partial charge is 0.369 e. The number of nitrogens with zero attached hydrogens (tertiary/aromatic N) is 1. The van der Waals surface area contributed by atoms with Crippen molar-refractivity contribution < 1.29 is 9.18 Å². The van der Waals surface area contributed by atoms with Crippen LogP contribution in [0.5, 0.6) is 0 Å². The molecule has 19 heavy (non-hydrogen) atoms. The minimum atomic E-state index is -0.285. The van der Waals surface area contributed by atoms with Crippen LogP contribution < -0.4 is 4.90 Å². The Morgan fingerprint density at radius 3 is 2.63 bits per heavy atom. The lowest BCUT2D eigenvalue weighted by molar-refractivity contribution is 0.101. The summed E-state index contributed by atoms with van der Waals surface area (Å²) in [6.45, 7) is 7.77. The smallest absolute Gasteiger partial charge is 0.159 e. The molecule has 3 heteroatoms. The highest BCUT2D eigenvalue weighted by atomic mass is 19.1. The molecule has 0 N–H and O–H groups in total. The van der Waals surface area contributed by atoms with E-state index in [1.807, 2.05) is 0 Å². The lowest BCUT2D eigenvalue weighted by Gasteiger charge is -2.25. The minimum absolute atomic E-state index is 0.0950. The molecule has 2 rings (SSSR count). The van der Waals surface area contributed by atoms with Crippen molar-refractivity contribution in [2.45, 2.75) is 40.0 Å². The van der Waals surface area contributed by atoms with Crippen LogP contribution in [0.1, 0.15) is 50.4 Å². The zero-order chi connectivity index (χ0) is 14.0. The van der Waals surface area contributed by atoms with Crippen molar-refractivity contribution in [3.63, 3.8) is 0 Å². The number of ketones is 1. The van der Waals surface area contributed by atoms with E-state index in [1.165, 1.54) is 19.4 Å². The average Bonchev–Trinajstić information content (AvgIpc) is 2.50. The average molecular weight is 263 g/mol. The van der Waals surface area contributed by atoms with Crippen LogP contribution in [0.2, 0.25) is 0 Å². The molecule has 2 nitrogen and oxygen atoms in total. The van der Waals surface area contributed by atoms with Crippen molar-refractivity contribution in [1.29, 1.82) is 0 Å². The third-order valence-corrected chi connectivity index (χ3v) is 4.03. The van der Waals surface area contributed by atoms with Gasteiger partial charge in [0, 0.05) is 18.7 Å². The van der Waals surface area contributed by atoms with Gasteiger partial charge in [-0.3, -0.25) is 4.79 Å². The Morgan fingerprint density at radius 2 is 2.00 bits per heavy atom. The zero-order valence-electron chi connectivity index (χ0n) is 12.0. The van der Waals surface area contributed by atoms with Crippen LogP contribution in [-0.2, 0) is 0 Å². The Bertz CT molecular complexity index is 482. The van der Waals surface area contributed by atoms with Gasteiger partial charge >= 0.3 is 0 Å². The van der Waals surface area contributed by atoms with E-state index in [-0.39, 0.29) is 11.6 Å². The van der Waals surface area contributed by atoms with Crippen molar-refractivity contribution in [3.05, 3.63) is 29.6 Å². The van der Waals surface area contributed by atoms with Crippen molar-refractivity contribution in [1.82, 2.24) is 0 Å². The van der Waals surface area contributed by atoms with Gasteiger partial charge in [0.05, 0.1) is 5.69 Å². The third kappa shape index (κ3) is 3.34. The molecule has 104 valence electrons. The molecule has 0 saturated carbocycles. The summed E-state index contributed by atoms with van der Waals surface area (Å²) in [6, 6.07) is 4.81. The summed E-state index contributed by atoms with van der Waals surface area (Å²) in [5.74, 6) is -0.380. The van der Waals surface area contributed by atoms with E-state index < -0.39 is 0 Å². The first kappa shape index (κ1) is 14.0. The molecule has 0 bridgehead atoms. The fraction of sp³-hybridized carbons (Fsp3) is 0.562.